The zero-order valence-electron chi connectivity index (χ0n) is 17.6. The highest BCUT2D eigenvalue weighted by Crippen LogP contribution is 2.44. The van der Waals surface area contributed by atoms with Crippen LogP contribution in [0.2, 0.25) is 0 Å². The Labute approximate surface area is 183 Å². The second-order valence-corrected chi connectivity index (χ2v) is 10.6. The molecule has 2 aromatic rings. The Kier molecular flexibility index (Phi) is 5.18. The summed E-state index contributed by atoms with van der Waals surface area (Å²) < 4.78 is 28.0. The van der Waals surface area contributed by atoms with Gasteiger partial charge in [-0.1, -0.05) is 30.4 Å². The molecule has 31 heavy (non-hydrogen) atoms. The monoisotopic (exact) mass is 437 g/mol. The van der Waals surface area contributed by atoms with Crippen molar-refractivity contribution in [2.24, 2.45) is 17.8 Å². The zero-order valence-corrected chi connectivity index (χ0v) is 18.4. The summed E-state index contributed by atoms with van der Waals surface area (Å²) in [5.41, 5.74) is 3.90. The molecule has 2 heterocycles. The normalized spacial score (nSPS) is 24.4. The van der Waals surface area contributed by atoms with Gasteiger partial charge in [0.15, 0.2) is 0 Å². The molecule has 1 aliphatic heterocycles. The largest absolute Gasteiger partial charge is 0.338 e. The van der Waals surface area contributed by atoms with Crippen LogP contribution < -0.4 is 4.72 Å². The van der Waals surface area contributed by atoms with Crippen molar-refractivity contribution in [1.29, 1.82) is 0 Å². The van der Waals surface area contributed by atoms with E-state index >= 15 is 0 Å². The molecule has 7 heteroatoms. The Hall–Kier alpha value is -2.51. The molecule has 1 aromatic carbocycles. The maximum Gasteiger partial charge on any atom is 0.240 e. The lowest BCUT2D eigenvalue weighted by atomic mass is 9.90. The highest BCUT2D eigenvalue weighted by molar-refractivity contribution is 7.89. The number of aryl methyl sites for hydroxylation is 1. The molecule has 1 fully saturated rings. The molecule has 3 aliphatic rings. The minimum absolute atomic E-state index is 0.118. The van der Waals surface area contributed by atoms with Gasteiger partial charge in [0.2, 0.25) is 15.9 Å². The van der Waals surface area contributed by atoms with Crippen LogP contribution in [-0.4, -0.2) is 30.8 Å². The first-order valence-corrected chi connectivity index (χ1v) is 12.4. The molecule has 1 aromatic heterocycles. The van der Waals surface area contributed by atoms with Crippen LogP contribution in [-0.2, 0) is 34.3 Å². The van der Waals surface area contributed by atoms with Crippen LogP contribution in [0.1, 0.15) is 35.2 Å². The van der Waals surface area contributed by atoms with Gasteiger partial charge in [0.1, 0.15) is 0 Å². The first-order valence-electron chi connectivity index (χ1n) is 10.9. The quantitative estimate of drug-likeness (QED) is 0.730. The Bertz CT molecular complexity index is 1140. The van der Waals surface area contributed by atoms with Gasteiger partial charge in [-0.05, 0) is 66.8 Å². The van der Waals surface area contributed by atoms with Crippen LogP contribution >= 0.6 is 0 Å². The average molecular weight is 438 g/mol. The van der Waals surface area contributed by atoms with E-state index in [4.69, 9.17) is 0 Å². The van der Waals surface area contributed by atoms with Crippen molar-refractivity contribution in [2.45, 2.75) is 44.2 Å². The Morgan fingerprint density at radius 1 is 1.19 bits per heavy atom. The number of benzene rings is 1. The molecule has 0 radical (unpaired) electrons. The van der Waals surface area contributed by atoms with Crippen molar-refractivity contribution in [3.8, 4) is 0 Å². The van der Waals surface area contributed by atoms with Crippen molar-refractivity contribution >= 4 is 15.9 Å². The van der Waals surface area contributed by atoms with Gasteiger partial charge in [-0.25, -0.2) is 13.1 Å². The van der Waals surface area contributed by atoms with E-state index in [1.807, 2.05) is 18.0 Å². The first kappa shape index (κ1) is 20.4. The first-order chi connectivity index (χ1) is 14.9. The van der Waals surface area contributed by atoms with E-state index in [9.17, 15) is 13.2 Å². The van der Waals surface area contributed by atoms with Crippen LogP contribution in [0.25, 0.3) is 0 Å². The van der Waals surface area contributed by atoms with Crippen molar-refractivity contribution in [3.63, 3.8) is 0 Å². The number of nitrogens with zero attached hydrogens (tertiary/aromatic N) is 2. The number of carbonyl (C=O) groups is 1. The number of aromatic nitrogens is 1. The summed E-state index contributed by atoms with van der Waals surface area (Å²) in [6.07, 6.45) is 9.14. The minimum Gasteiger partial charge on any atom is -0.338 e. The molecule has 0 spiro atoms. The van der Waals surface area contributed by atoms with E-state index in [0.29, 0.717) is 24.9 Å². The smallest absolute Gasteiger partial charge is 0.240 e. The summed E-state index contributed by atoms with van der Waals surface area (Å²) >= 11 is 0. The number of rotatable bonds is 5. The van der Waals surface area contributed by atoms with Gasteiger partial charge >= 0.3 is 0 Å². The SMILES string of the molecule is Cc1ncc2c(c1CNS(=O)(=O)c1ccccc1)CCN(C(=O)[C@H]1C[C@@H]3C=C[C@H]1C3)C2. The van der Waals surface area contributed by atoms with Crippen molar-refractivity contribution in [2.75, 3.05) is 6.54 Å². The van der Waals surface area contributed by atoms with Crippen molar-refractivity contribution in [3.05, 3.63) is 71.1 Å². The van der Waals surface area contributed by atoms with Gasteiger partial charge in [0.05, 0.1) is 4.90 Å². The number of hydrogen-bond donors (Lipinski definition) is 1. The number of nitrogens with one attached hydrogen (secondary N) is 1. The zero-order chi connectivity index (χ0) is 21.6. The van der Waals surface area contributed by atoms with Crippen LogP contribution in [0.3, 0.4) is 0 Å². The standard InChI is InChI=1S/C24H27N3O3S/c1-16-23(14-26-31(29,30)20-5-3-2-4-6-20)21-9-10-27(15-19(21)13-25-16)24(28)22-12-17-7-8-18(22)11-17/h2-8,13,17-18,22,26H,9-12,14-15H2,1H3/t17-,18+,22+/m1/s1. The maximum atomic E-state index is 13.1. The number of amides is 1. The number of hydrogen-bond acceptors (Lipinski definition) is 4. The van der Waals surface area contributed by atoms with Gasteiger partial charge in [-0.2, -0.15) is 0 Å². The third kappa shape index (κ3) is 3.81. The summed E-state index contributed by atoms with van der Waals surface area (Å²) in [7, 11) is -3.59. The molecule has 1 amide bonds. The number of carbonyl (C=O) groups excluding carboxylic acids is 1. The summed E-state index contributed by atoms with van der Waals surface area (Å²) in [6.45, 7) is 3.33. The van der Waals surface area contributed by atoms with E-state index in [1.165, 1.54) is 0 Å². The fraction of sp³-hybridized carbons (Fsp3) is 0.417. The van der Waals surface area contributed by atoms with Gasteiger partial charge in [-0.15, -0.1) is 0 Å². The topological polar surface area (TPSA) is 79.4 Å². The van der Waals surface area contributed by atoms with E-state index in [-0.39, 0.29) is 23.3 Å². The average Bonchev–Trinajstić information content (AvgIpc) is 3.42. The number of sulfonamides is 1. The predicted molar refractivity (Wildman–Crippen MR) is 117 cm³/mol. The summed E-state index contributed by atoms with van der Waals surface area (Å²) in [5.74, 6) is 1.35. The highest BCUT2D eigenvalue weighted by Gasteiger charge is 2.42. The molecular weight excluding hydrogens is 410 g/mol. The van der Waals surface area contributed by atoms with Crippen LogP contribution in [0, 0.1) is 24.7 Å². The molecule has 2 bridgehead atoms. The Balaban J connectivity index is 1.32. The summed E-state index contributed by atoms with van der Waals surface area (Å²) in [4.78, 5) is 19.9. The van der Waals surface area contributed by atoms with Crippen molar-refractivity contribution in [1.82, 2.24) is 14.6 Å². The predicted octanol–water partition coefficient (Wildman–Crippen LogP) is 2.97. The molecule has 6 nitrogen and oxygen atoms in total. The van der Waals surface area contributed by atoms with Crippen LogP contribution in [0.15, 0.2) is 53.6 Å². The van der Waals surface area contributed by atoms with E-state index in [1.54, 1.807) is 30.3 Å². The molecule has 3 atom stereocenters. The third-order valence-electron chi connectivity index (χ3n) is 7.00. The van der Waals surface area contributed by atoms with Gasteiger partial charge in [0, 0.05) is 37.4 Å². The molecule has 1 N–H and O–H groups in total. The van der Waals surface area contributed by atoms with Gasteiger partial charge < -0.3 is 4.90 Å². The summed E-state index contributed by atoms with van der Waals surface area (Å²) in [6, 6.07) is 8.39. The lowest BCUT2D eigenvalue weighted by Gasteiger charge is -2.33. The Morgan fingerprint density at radius 2 is 2.00 bits per heavy atom. The maximum absolute atomic E-state index is 13.1. The Morgan fingerprint density at radius 3 is 2.71 bits per heavy atom. The number of fused-ring (bicyclic) bond motifs is 3. The fourth-order valence-electron chi connectivity index (χ4n) is 5.29. The minimum atomic E-state index is -3.59. The van der Waals surface area contributed by atoms with E-state index < -0.39 is 10.0 Å². The van der Waals surface area contributed by atoms with Crippen LogP contribution in [0.4, 0.5) is 0 Å². The lowest BCUT2D eigenvalue weighted by Crippen LogP contribution is -2.41. The molecule has 2 aliphatic carbocycles. The fourth-order valence-corrected chi connectivity index (χ4v) is 6.31. The van der Waals surface area contributed by atoms with Crippen LogP contribution in [0.5, 0.6) is 0 Å². The van der Waals surface area contributed by atoms with Crippen molar-refractivity contribution < 1.29 is 13.2 Å². The van der Waals surface area contributed by atoms with Gasteiger partial charge in [-0.3, -0.25) is 9.78 Å². The molecule has 0 unspecified atom stereocenters. The number of pyridine rings is 1. The van der Waals surface area contributed by atoms with E-state index in [2.05, 4.69) is 21.9 Å². The molecule has 162 valence electrons. The van der Waals surface area contributed by atoms with Gasteiger partial charge in [0.25, 0.3) is 0 Å². The van der Waals surface area contributed by atoms with E-state index in [0.717, 1.165) is 41.6 Å². The highest BCUT2D eigenvalue weighted by atomic mass is 32.2. The number of allylic oxidation sites excluding steroid dienone is 2. The molecular formula is C24H27N3O3S. The second kappa shape index (κ2) is 7.88. The summed E-state index contributed by atoms with van der Waals surface area (Å²) in [5, 5.41) is 0. The molecule has 5 rings (SSSR count). The molecule has 1 saturated carbocycles. The lowest BCUT2D eigenvalue weighted by molar-refractivity contribution is -0.137. The third-order valence-corrected chi connectivity index (χ3v) is 8.41. The second-order valence-electron chi connectivity index (χ2n) is 8.86. The molecule has 0 saturated heterocycles.